The lowest BCUT2D eigenvalue weighted by Crippen LogP contribution is -2.22. The number of aromatic nitrogens is 2. The largest absolute Gasteiger partial charge is 0.493 e. The van der Waals surface area contributed by atoms with Crippen LogP contribution in [0.4, 0.5) is 0 Å². The van der Waals surface area contributed by atoms with Crippen molar-refractivity contribution in [3.8, 4) is 29.1 Å². The average molecular weight is 423 g/mol. The summed E-state index contributed by atoms with van der Waals surface area (Å²) in [7, 11) is 3.12. The van der Waals surface area contributed by atoms with Crippen LogP contribution in [-0.2, 0) is 0 Å². The summed E-state index contributed by atoms with van der Waals surface area (Å²) in [6.07, 6.45) is 0. The molecule has 2 heterocycles. The number of hydrogen-bond acceptors (Lipinski definition) is 6. The van der Waals surface area contributed by atoms with Crippen LogP contribution in [0.2, 0.25) is 5.02 Å². The topological polar surface area (TPSA) is 95.3 Å². The van der Waals surface area contributed by atoms with Gasteiger partial charge in [-0.3, -0.25) is 0 Å². The number of nitriles is 1. The van der Waals surface area contributed by atoms with Crippen LogP contribution < -0.4 is 19.9 Å². The van der Waals surface area contributed by atoms with Crippen LogP contribution in [0.3, 0.4) is 0 Å². The maximum absolute atomic E-state index is 9.88. The van der Waals surface area contributed by atoms with Crippen molar-refractivity contribution in [3.63, 3.8) is 0 Å². The molecule has 0 fully saturated rings. The summed E-state index contributed by atoms with van der Waals surface area (Å²) in [5.41, 5.74) is 9.33. The van der Waals surface area contributed by atoms with Crippen LogP contribution >= 0.6 is 11.6 Å². The van der Waals surface area contributed by atoms with Gasteiger partial charge in [0.25, 0.3) is 0 Å². The molecule has 2 aromatic carbocycles. The van der Waals surface area contributed by atoms with Crippen molar-refractivity contribution in [1.82, 2.24) is 9.78 Å². The molecule has 0 saturated carbocycles. The van der Waals surface area contributed by atoms with Gasteiger partial charge in [-0.05, 0) is 31.2 Å². The van der Waals surface area contributed by atoms with Crippen LogP contribution in [0.5, 0.6) is 17.4 Å². The quantitative estimate of drug-likeness (QED) is 0.680. The number of halogens is 1. The number of aryl methyl sites for hydroxylation is 1. The molecule has 152 valence electrons. The minimum atomic E-state index is -0.531. The van der Waals surface area contributed by atoms with E-state index in [2.05, 4.69) is 11.2 Å². The zero-order valence-corrected chi connectivity index (χ0v) is 17.4. The van der Waals surface area contributed by atoms with Crippen LogP contribution in [0.15, 0.2) is 53.9 Å². The average Bonchev–Trinajstić information content (AvgIpc) is 3.07. The van der Waals surface area contributed by atoms with E-state index in [0.29, 0.717) is 28.1 Å². The van der Waals surface area contributed by atoms with Gasteiger partial charge in [0.15, 0.2) is 11.5 Å². The van der Waals surface area contributed by atoms with E-state index >= 15 is 0 Å². The maximum Gasteiger partial charge on any atom is 0.229 e. The number of rotatable bonds is 4. The standard InChI is InChI=1S/C22H19ClN4O3/c1-12-18-19(15-8-5-9-17(28-2)20(15)29-3)16(11-24)21(25)30-22(18)27(26-12)14-7-4-6-13(23)10-14/h4-10,19H,25H2,1-3H3/t19-/m0/s1. The molecule has 30 heavy (non-hydrogen) atoms. The van der Waals surface area contributed by atoms with Crippen molar-refractivity contribution >= 4 is 11.6 Å². The second-order valence-corrected chi connectivity index (χ2v) is 7.14. The number of allylic oxidation sites excluding steroid dienone is 1. The molecule has 0 unspecified atom stereocenters. The first-order chi connectivity index (χ1) is 14.5. The van der Waals surface area contributed by atoms with Gasteiger partial charge in [0.2, 0.25) is 11.8 Å². The molecule has 0 spiro atoms. The fraction of sp³-hybridized carbons (Fsp3) is 0.182. The third-order valence-electron chi connectivity index (χ3n) is 5.03. The monoisotopic (exact) mass is 422 g/mol. The highest BCUT2D eigenvalue weighted by Gasteiger charge is 2.38. The Balaban J connectivity index is 2.00. The molecule has 1 aromatic heterocycles. The van der Waals surface area contributed by atoms with E-state index in [1.54, 1.807) is 37.1 Å². The third kappa shape index (κ3) is 3.02. The summed E-state index contributed by atoms with van der Waals surface area (Å²) in [5.74, 6) is 0.994. The molecule has 1 aliphatic heterocycles. The number of hydrogen-bond donors (Lipinski definition) is 1. The van der Waals surface area contributed by atoms with Gasteiger partial charge in [-0.15, -0.1) is 0 Å². The van der Waals surface area contributed by atoms with Gasteiger partial charge in [-0.2, -0.15) is 10.4 Å². The van der Waals surface area contributed by atoms with Crippen molar-refractivity contribution in [2.45, 2.75) is 12.8 Å². The molecular formula is C22H19ClN4O3. The summed E-state index contributed by atoms with van der Waals surface area (Å²) < 4.78 is 18.6. The molecule has 4 rings (SSSR count). The number of benzene rings is 2. The molecule has 2 N–H and O–H groups in total. The van der Waals surface area contributed by atoms with Gasteiger partial charge >= 0.3 is 0 Å². The van der Waals surface area contributed by atoms with Crippen LogP contribution in [0.1, 0.15) is 22.7 Å². The van der Waals surface area contributed by atoms with E-state index in [4.69, 9.17) is 31.5 Å². The zero-order valence-electron chi connectivity index (χ0n) is 16.6. The lowest BCUT2D eigenvalue weighted by atomic mass is 9.83. The van der Waals surface area contributed by atoms with Gasteiger partial charge in [0.1, 0.15) is 11.6 Å². The Bertz CT molecular complexity index is 1210. The Morgan fingerprint density at radius 3 is 2.63 bits per heavy atom. The highest BCUT2D eigenvalue weighted by molar-refractivity contribution is 6.30. The first kappa shape index (κ1) is 19.7. The molecule has 3 aromatic rings. The lowest BCUT2D eigenvalue weighted by Gasteiger charge is -2.26. The van der Waals surface area contributed by atoms with E-state index in [-0.39, 0.29) is 11.5 Å². The third-order valence-corrected chi connectivity index (χ3v) is 5.26. The van der Waals surface area contributed by atoms with Crippen LogP contribution in [-0.4, -0.2) is 24.0 Å². The van der Waals surface area contributed by atoms with Crippen molar-refractivity contribution in [1.29, 1.82) is 5.26 Å². The van der Waals surface area contributed by atoms with E-state index in [1.807, 2.05) is 31.2 Å². The molecular weight excluding hydrogens is 404 g/mol. The van der Waals surface area contributed by atoms with Crippen molar-refractivity contribution < 1.29 is 14.2 Å². The molecule has 0 aliphatic carbocycles. The molecule has 0 saturated heterocycles. The van der Waals surface area contributed by atoms with Crippen LogP contribution in [0, 0.1) is 18.3 Å². The summed E-state index contributed by atoms with van der Waals surface area (Å²) in [5, 5.41) is 15.1. The SMILES string of the molecule is COc1cccc([C@H]2C(C#N)=C(N)Oc3c2c(C)nn3-c2cccc(Cl)c2)c1OC. The summed E-state index contributed by atoms with van der Waals surface area (Å²) >= 11 is 6.17. The minimum Gasteiger partial charge on any atom is -0.493 e. The van der Waals surface area contributed by atoms with E-state index in [9.17, 15) is 5.26 Å². The van der Waals surface area contributed by atoms with Gasteiger partial charge in [0.05, 0.1) is 37.1 Å². The van der Waals surface area contributed by atoms with Gasteiger partial charge < -0.3 is 19.9 Å². The molecule has 1 aliphatic rings. The molecule has 0 amide bonds. The first-order valence-electron chi connectivity index (χ1n) is 9.14. The Kier molecular flexibility index (Phi) is 5.02. The van der Waals surface area contributed by atoms with Crippen molar-refractivity contribution in [3.05, 3.63) is 75.8 Å². The molecule has 0 radical (unpaired) electrons. The second-order valence-electron chi connectivity index (χ2n) is 6.70. The fourth-order valence-corrected chi connectivity index (χ4v) is 3.93. The number of para-hydroxylation sites is 1. The summed E-state index contributed by atoms with van der Waals surface area (Å²) in [6.45, 7) is 1.86. The maximum atomic E-state index is 9.88. The minimum absolute atomic E-state index is 0.0167. The second kappa shape index (κ2) is 7.65. The Morgan fingerprint density at radius 1 is 1.20 bits per heavy atom. The predicted molar refractivity (Wildman–Crippen MR) is 112 cm³/mol. The van der Waals surface area contributed by atoms with Crippen molar-refractivity contribution in [2.24, 2.45) is 5.73 Å². The highest BCUT2D eigenvalue weighted by Crippen LogP contribution is 2.48. The highest BCUT2D eigenvalue weighted by atomic mass is 35.5. The zero-order chi connectivity index (χ0) is 21.4. The summed E-state index contributed by atoms with van der Waals surface area (Å²) in [4.78, 5) is 0. The van der Waals surface area contributed by atoms with E-state index in [1.165, 1.54) is 0 Å². The molecule has 7 nitrogen and oxygen atoms in total. The van der Waals surface area contributed by atoms with E-state index in [0.717, 1.165) is 16.8 Å². The Morgan fingerprint density at radius 2 is 1.97 bits per heavy atom. The Labute approximate surface area is 178 Å². The molecule has 0 bridgehead atoms. The number of nitrogens with zero attached hydrogens (tertiary/aromatic N) is 3. The smallest absolute Gasteiger partial charge is 0.229 e. The van der Waals surface area contributed by atoms with Crippen LogP contribution in [0.25, 0.3) is 5.69 Å². The number of fused-ring (bicyclic) bond motifs is 1. The lowest BCUT2D eigenvalue weighted by molar-refractivity contribution is 0.346. The number of methoxy groups -OCH3 is 2. The molecule has 8 heteroatoms. The van der Waals surface area contributed by atoms with Gasteiger partial charge in [-0.25, -0.2) is 4.68 Å². The fourth-order valence-electron chi connectivity index (χ4n) is 3.75. The Hall–Kier alpha value is -3.63. The van der Waals surface area contributed by atoms with Gasteiger partial charge in [-0.1, -0.05) is 29.8 Å². The normalized spacial score (nSPS) is 15.2. The first-order valence-corrected chi connectivity index (χ1v) is 9.51. The predicted octanol–water partition coefficient (Wildman–Crippen LogP) is 4.07. The summed E-state index contributed by atoms with van der Waals surface area (Å²) in [6, 6.07) is 15.0. The molecule has 1 atom stereocenters. The van der Waals surface area contributed by atoms with E-state index < -0.39 is 5.92 Å². The van der Waals surface area contributed by atoms with Crippen molar-refractivity contribution in [2.75, 3.05) is 14.2 Å². The van der Waals surface area contributed by atoms with Gasteiger partial charge in [0, 0.05) is 10.6 Å². The number of ether oxygens (including phenoxy) is 3. The number of nitrogens with two attached hydrogens (primary N) is 1.